The fraction of sp³-hybridized carbons (Fsp3) is 0.435. The van der Waals surface area contributed by atoms with E-state index in [-0.39, 0.29) is 6.03 Å². The average molecular weight is 398 g/mol. The zero-order chi connectivity index (χ0) is 20.8. The first-order valence-corrected chi connectivity index (χ1v) is 10.1. The highest BCUT2D eigenvalue weighted by atomic mass is 16.5. The van der Waals surface area contributed by atoms with Crippen molar-refractivity contribution in [2.45, 2.75) is 20.3 Å². The molecule has 6 nitrogen and oxygen atoms in total. The van der Waals surface area contributed by atoms with Crippen LogP contribution in [0.5, 0.6) is 11.5 Å². The quantitative estimate of drug-likeness (QED) is 0.812. The molecule has 0 aliphatic carbocycles. The molecule has 0 radical (unpaired) electrons. The molecule has 1 fully saturated rings. The molecule has 0 aromatic heterocycles. The van der Waals surface area contributed by atoms with Gasteiger partial charge in [0, 0.05) is 38.4 Å². The number of aryl methyl sites for hydroxylation is 2. The summed E-state index contributed by atoms with van der Waals surface area (Å²) in [5, 5.41) is 3.04. The number of piperazine rings is 1. The SMILES string of the molecule is COc1ccc(CCNC(=O)N2CCN(c3cc(C)ccc3C)CC2)cc1OC. The number of anilines is 1. The van der Waals surface area contributed by atoms with Gasteiger partial charge in [-0.1, -0.05) is 18.2 Å². The van der Waals surface area contributed by atoms with Crippen LogP contribution in [0.15, 0.2) is 36.4 Å². The van der Waals surface area contributed by atoms with E-state index >= 15 is 0 Å². The number of nitrogens with one attached hydrogen (secondary N) is 1. The van der Waals surface area contributed by atoms with Crippen LogP contribution >= 0.6 is 0 Å². The molecule has 2 amide bonds. The van der Waals surface area contributed by atoms with E-state index in [0.717, 1.165) is 38.2 Å². The first-order chi connectivity index (χ1) is 14.0. The Morgan fingerprint density at radius 2 is 1.69 bits per heavy atom. The van der Waals surface area contributed by atoms with Crippen LogP contribution in [0.1, 0.15) is 16.7 Å². The van der Waals surface area contributed by atoms with Crippen molar-refractivity contribution in [2.75, 3.05) is 51.8 Å². The molecule has 2 aromatic carbocycles. The van der Waals surface area contributed by atoms with Crippen LogP contribution in [0.25, 0.3) is 0 Å². The molecule has 2 aromatic rings. The lowest BCUT2D eigenvalue weighted by molar-refractivity contribution is 0.194. The molecule has 0 bridgehead atoms. The van der Waals surface area contributed by atoms with Gasteiger partial charge in [-0.2, -0.15) is 0 Å². The van der Waals surface area contributed by atoms with E-state index < -0.39 is 0 Å². The van der Waals surface area contributed by atoms with Gasteiger partial charge in [0.05, 0.1) is 14.2 Å². The maximum atomic E-state index is 12.5. The van der Waals surface area contributed by atoms with Gasteiger partial charge in [-0.3, -0.25) is 0 Å². The molecule has 0 saturated carbocycles. The van der Waals surface area contributed by atoms with E-state index in [1.54, 1.807) is 14.2 Å². The number of hydrogen-bond acceptors (Lipinski definition) is 4. The summed E-state index contributed by atoms with van der Waals surface area (Å²) in [6, 6.07) is 12.4. The Labute approximate surface area is 173 Å². The van der Waals surface area contributed by atoms with Crippen molar-refractivity contribution in [1.29, 1.82) is 0 Å². The van der Waals surface area contributed by atoms with Gasteiger partial charge in [0.1, 0.15) is 0 Å². The molecule has 0 unspecified atom stereocenters. The second-order valence-corrected chi connectivity index (χ2v) is 7.44. The van der Waals surface area contributed by atoms with E-state index in [1.165, 1.54) is 16.8 Å². The van der Waals surface area contributed by atoms with Gasteiger partial charge in [-0.25, -0.2) is 4.79 Å². The molecular formula is C23H31N3O3. The topological polar surface area (TPSA) is 54.0 Å². The molecule has 0 spiro atoms. The van der Waals surface area contributed by atoms with E-state index in [1.807, 2.05) is 23.1 Å². The monoisotopic (exact) mass is 397 g/mol. The number of rotatable bonds is 6. The molecule has 1 heterocycles. The Morgan fingerprint density at radius 3 is 2.38 bits per heavy atom. The molecule has 1 aliphatic rings. The van der Waals surface area contributed by atoms with Crippen LogP contribution in [0.2, 0.25) is 0 Å². The number of urea groups is 1. The Hall–Kier alpha value is -2.89. The standard InChI is InChI=1S/C23H31N3O3/c1-17-5-6-18(2)20(15-17)25-11-13-26(14-12-25)23(27)24-10-9-19-7-8-21(28-3)22(16-19)29-4/h5-8,15-16H,9-14H2,1-4H3,(H,24,27). The molecule has 1 aliphatic heterocycles. The second kappa shape index (κ2) is 9.54. The predicted molar refractivity (Wildman–Crippen MR) is 116 cm³/mol. The van der Waals surface area contributed by atoms with Crippen molar-refractivity contribution in [1.82, 2.24) is 10.2 Å². The highest BCUT2D eigenvalue weighted by molar-refractivity contribution is 5.74. The maximum Gasteiger partial charge on any atom is 0.317 e. The minimum absolute atomic E-state index is 0.00564. The van der Waals surface area contributed by atoms with Gasteiger partial charge in [-0.15, -0.1) is 0 Å². The average Bonchev–Trinajstić information content (AvgIpc) is 2.75. The maximum absolute atomic E-state index is 12.5. The van der Waals surface area contributed by atoms with Crippen molar-refractivity contribution >= 4 is 11.7 Å². The summed E-state index contributed by atoms with van der Waals surface area (Å²) < 4.78 is 10.6. The summed E-state index contributed by atoms with van der Waals surface area (Å²) in [7, 11) is 3.25. The van der Waals surface area contributed by atoms with Gasteiger partial charge in [0.2, 0.25) is 0 Å². The number of hydrogen-bond donors (Lipinski definition) is 1. The molecule has 29 heavy (non-hydrogen) atoms. The Kier molecular flexibility index (Phi) is 6.86. The number of benzene rings is 2. The molecule has 3 rings (SSSR count). The van der Waals surface area contributed by atoms with Gasteiger partial charge >= 0.3 is 6.03 Å². The van der Waals surface area contributed by atoms with Crippen molar-refractivity contribution < 1.29 is 14.3 Å². The summed E-state index contributed by atoms with van der Waals surface area (Å²) in [6.45, 7) is 8.02. The number of carbonyl (C=O) groups excluding carboxylic acids is 1. The molecule has 1 N–H and O–H groups in total. The number of methoxy groups -OCH3 is 2. The third kappa shape index (κ3) is 5.13. The smallest absolute Gasteiger partial charge is 0.317 e. The minimum Gasteiger partial charge on any atom is -0.493 e. The molecule has 156 valence electrons. The Balaban J connectivity index is 1.47. The molecule has 1 saturated heterocycles. The minimum atomic E-state index is 0.00564. The van der Waals surface area contributed by atoms with Crippen molar-refractivity contribution in [3.05, 3.63) is 53.1 Å². The van der Waals surface area contributed by atoms with Crippen LogP contribution in [0.4, 0.5) is 10.5 Å². The van der Waals surface area contributed by atoms with E-state index in [2.05, 4.69) is 42.3 Å². The van der Waals surface area contributed by atoms with E-state index in [0.29, 0.717) is 18.0 Å². The van der Waals surface area contributed by atoms with Crippen LogP contribution < -0.4 is 19.7 Å². The van der Waals surface area contributed by atoms with Gasteiger partial charge < -0.3 is 24.6 Å². The number of carbonyl (C=O) groups is 1. The van der Waals surface area contributed by atoms with Crippen molar-refractivity contribution in [3.8, 4) is 11.5 Å². The fourth-order valence-corrected chi connectivity index (χ4v) is 3.67. The summed E-state index contributed by atoms with van der Waals surface area (Å²) in [5.74, 6) is 1.42. The Morgan fingerprint density at radius 1 is 0.966 bits per heavy atom. The van der Waals surface area contributed by atoms with E-state index in [4.69, 9.17) is 9.47 Å². The summed E-state index contributed by atoms with van der Waals surface area (Å²) >= 11 is 0. The molecule has 0 atom stereocenters. The van der Waals surface area contributed by atoms with Gasteiger partial charge in [0.15, 0.2) is 11.5 Å². The lowest BCUT2D eigenvalue weighted by Gasteiger charge is -2.37. The first-order valence-electron chi connectivity index (χ1n) is 10.1. The molecule has 6 heteroatoms. The summed E-state index contributed by atoms with van der Waals surface area (Å²) in [4.78, 5) is 16.8. The Bertz CT molecular complexity index is 845. The van der Waals surface area contributed by atoms with E-state index in [9.17, 15) is 4.79 Å². The number of amides is 2. The third-order valence-electron chi connectivity index (χ3n) is 5.41. The molecular weight excluding hydrogens is 366 g/mol. The van der Waals surface area contributed by atoms with Crippen LogP contribution in [-0.4, -0.2) is 57.9 Å². The summed E-state index contributed by atoms with van der Waals surface area (Å²) in [6.07, 6.45) is 0.745. The number of ether oxygens (including phenoxy) is 2. The first kappa shape index (κ1) is 20.8. The van der Waals surface area contributed by atoms with Gasteiger partial charge in [-0.05, 0) is 55.2 Å². The third-order valence-corrected chi connectivity index (χ3v) is 5.41. The highest BCUT2D eigenvalue weighted by Gasteiger charge is 2.22. The highest BCUT2D eigenvalue weighted by Crippen LogP contribution is 2.27. The fourth-order valence-electron chi connectivity index (χ4n) is 3.67. The van der Waals surface area contributed by atoms with Crippen LogP contribution in [0.3, 0.4) is 0 Å². The van der Waals surface area contributed by atoms with Gasteiger partial charge in [0.25, 0.3) is 0 Å². The number of nitrogens with zero attached hydrogens (tertiary/aromatic N) is 2. The lowest BCUT2D eigenvalue weighted by Crippen LogP contribution is -2.52. The van der Waals surface area contributed by atoms with Crippen LogP contribution in [-0.2, 0) is 6.42 Å². The predicted octanol–water partition coefficient (Wildman–Crippen LogP) is 3.39. The zero-order valence-electron chi connectivity index (χ0n) is 17.8. The second-order valence-electron chi connectivity index (χ2n) is 7.44. The zero-order valence-corrected chi connectivity index (χ0v) is 17.8. The van der Waals surface area contributed by atoms with Crippen LogP contribution in [0, 0.1) is 13.8 Å². The van der Waals surface area contributed by atoms with Crippen molar-refractivity contribution in [2.24, 2.45) is 0 Å². The van der Waals surface area contributed by atoms with Crippen molar-refractivity contribution in [3.63, 3.8) is 0 Å². The summed E-state index contributed by atoms with van der Waals surface area (Å²) in [5.41, 5.74) is 4.92. The normalized spacial score (nSPS) is 13.9. The lowest BCUT2D eigenvalue weighted by atomic mass is 10.1. The largest absolute Gasteiger partial charge is 0.493 e.